The van der Waals surface area contributed by atoms with Gasteiger partial charge in [0.05, 0.1) is 6.07 Å². The predicted molar refractivity (Wildman–Crippen MR) is 48.1 cm³/mol. The van der Waals surface area contributed by atoms with Crippen LogP contribution in [-0.4, -0.2) is 0 Å². The average Bonchev–Trinajstić information content (AvgIpc) is 1.82. The smallest absolute Gasteiger partial charge is 0.0943 e. The van der Waals surface area contributed by atoms with Gasteiger partial charge >= 0.3 is 0 Å². The maximum atomic E-state index is 8.59. The molecular formula is C10H17N. The standard InChI is InChI=1S/C10H17N/c1-8(9(2)7-11)6-10(3,4)5/h6H2,1-5H3/b9-8+. The fourth-order valence-electron chi connectivity index (χ4n) is 1.02. The molecule has 1 heteroatoms. The van der Waals surface area contributed by atoms with Crippen LogP contribution in [0.25, 0.3) is 0 Å². The molecule has 0 unspecified atom stereocenters. The number of hydrogen-bond acceptors (Lipinski definition) is 1. The van der Waals surface area contributed by atoms with E-state index >= 15 is 0 Å². The third-order valence-corrected chi connectivity index (χ3v) is 1.60. The normalized spacial score (nSPS) is 13.8. The van der Waals surface area contributed by atoms with Crippen LogP contribution in [0.3, 0.4) is 0 Å². The van der Waals surface area contributed by atoms with Crippen LogP contribution in [0.15, 0.2) is 11.1 Å². The molecule has 0 fully saturated rings. The van der Waals surface area contributed by atoms with Crippen molar-refractivity contribution in [2.24, 2.45) is 5.41 Å². The molecule has 0 rings (SSSR count). The van der Waals surface area contributed by atoms with E-state index in [0.29, 0.717) is 5.41 Å². The van der Waals surface area contributed by atoms with Crippen molar-refractivity contribution in [2.45, 2.75) is 41.0 Å². The molecule has 0 amide bonds. The largest absolute Gasteiger partial charge is 0.193 e. The molecule has 0 aliphatic heterocycles. The molecule has 0 aromatic heterocycles. The summed E-state index contributed by atoms with van der Waals surface area (Å²) in [6, 6.07) is 2.17. The minimum Gasteiger partial charge on any atom is -0.193 e. The maximum absolute atomic E-state index is 8.59. The van der Waals surface area contributed by atoms with E-state index < -0.39 is 0 Å². The van der Waals surface area contributed by atoms with E-state index in [1.54, 1.807) is 0 Å². The molecule has 0 aromatic rings. The summed E-state index contributed by atoms with van der Waals surface area (Å²) >= 11 is 0. The Hall–Kier alpha value is -0.770. The second-order valence-electron chi connectivity index (χ2n) is 4.25. The van der Waals surface area contributed by atoms with Gasteiger partial charge in [0.1, 0.15) is 0 Å². The van der Waals surface area contributed by atoms with Crippen molar-refractivity contribution in [2.75, 3.05) is 0 Å². The summed E-state index contributed by atoms with van der Waals surface area (Å²) in [5.41, 5.74) is 2.36. The molecule has 0 heterocycles. The zero-order valence-corrected chi connectivity index (χ0v) is 8.15. The van der Waals surface area contributed by atoms with Gasteiger partial charge in [0.25, 0.3) is 0 Å². The number of nitriles is 1. The van der Waals surface area contributed by atoms with Crippen LogP contribution >= 0.6 is 0 Å². The van der Waals surface area contributed by atoms with Crippen molar-refractivity contribution in [1.82, 2.24) is 0 Å². The second kappa shape index (κ2) is 3.57. The molecule has 0 radical (unpaired) electrons. The summed E-state index contributed by atoms with van der Waals surface area (Å²) in [5.74, 6) is 0. The van der Waals surface area contributed by atoms with E-state index in [9.17, 15) is 0 Å². The molecular weight excluding hydrogens is 134 g/mol. The first-order chi connectivity index (χ1) is 4.87. The first-order valence-corrected chi connectivity index (χ1v) is 3.93. The summed E-state index contributed by atoms with van der Waals surface area (Å²) in [7, 11) is 0. The van der Waals surface area contributed by atoms with Crippen molar-refractivity contribution >= 4 is 0 Å². The SMILES string of the molecule is C/C(C#N)=C(/C)CC(C)(C)C. The lowest BCUT2D eigenvalue weighted by Crippen LogP contribution is -2.05. The van der Waals surface area contributed by atoms with Gasteiger partial charge in [0.2, 0.25) is 0 Å². The second-order valence-corrected chi connectivity index (χ2v) is 4.25. The van der Waals surface area contributed by atoms with E-state index in [-0.39, 0.29) is 0 Å². The number of rotatable bonds is 1. The molecule has 1 nitrogen and oxygen atoms in total. The lowest BCUT2D eigenvalue weighted by molar-refractivity contribution is 0.409. The van der Waals surface area contributed by atoms with Crippen LogP contribution in [0.2, 0.25) is 0 Å². The quantitative estimate of drug-likeness (QED) is 0.527. The molecule has 0 bridgehead atoms. The van der Waals surface area contributed by atoms with Crippen molar-refractivity contribution in [3.05, 3.63) is 11.1 Å². The molecule has 0 aliphatic carbocycles. The highest BCUT2D eigenvalue weighted by atomic mass is 14.2. The van der Waals surface area contributed by atoms with Gasteiger partial charge < -0.3 is 0 Å². The molecule has 0 saturated carbocycles. The molecule has 0 atom stereocenters. The van der Waals surface area contributed by atoms with Gasteiger partial charge in [-0.15, -0.1) is 0 Å². The number of allylic oxidation sites excluding steroid dienone is 2. The van der Waals surface area contributed by atoms with Gasteiger partial charge in [-0.05, 0) is 25.7 Å². The third kappa shape index (κ3) is 4.61. The Morgan fingerprint density at radius 2 is 1.73 bits per heavy atom. The van der Waals surface area contributed by atoms with E-state index in [1.165, 1.54) is 5.57 Å². The Bertz CT molecular complexity index is 198. The summed E-state index contributed by atoms with van der Waals surface area (Å²) < 4.78 is 0. The Morgan fingerprint density at radius 1 is 1.27 bits per heavy atom. The summed E-state index contributed by atoms with van der Waals surface area (Å²) in [4.78, 5) is 0. The summed E-state index contributed by atoms with van der Waals surface area (Å²) in [6.45, 7) is 10.5. The van der Waals surface area contributed by atoms with Crippen molar-refractivity contribution in [3.8, 4) is 6.07 Å². The average molecular weight is 151 g/mol. The minimum atomic E-state index is 0.294. The van der Waals surface area contributed by atoms with Crippen molar-refractivity contribution in [1.29, 1.82) is 5.26 Å². The van der Waals surface area contributed by atoms with Crippen LogP contribution in [0.4, 0.5) is 0 Å². The molecule has 0 spiro atoms. The van der Waals surface area contributed by atoms with E-state index in [2.05, 4.69) is 26.8 Å². The van der Waals surface area contributed by atoms with Crippen LogP contribution in [-0.2, 0) is 0 Å². The zero-order valence-electron chi connectivity index (χ0n) is 8.15. The van der Waals surface area contributed by atoms with Gasteiger partial charge in [0.15, 0.2) is 0 Å². The van der Waals surface area contributed by atoms with Gasteiger partial charge in [-0.1, -0.05) is 26.3 Å². The summed E-state index contributed by atoms with van der Waals surface area (Å²) in [5, 5.41) is 8.59. The highest BCUT2D eigenvalue weighted by molar-refractivity contribution is 5.24. The summed E-state index contributed by atoms with van der Waals surface area (Å²) in [6.07, 6.45) is 1.01. The molecule has 11 heavy (non-hydrogen) atoms. The van der Waals surface area contributed by atoms with Gasteiger partial charge in [-0.25, -0.2) is 0 Å². The van der Waals surface area contributed by atoms with Crippen LogP contribution < -0.4 is 0 Å². The lowest BCUT2D eigenvalue weighted by Gasteiger charge is -2.18. The highest BCUT2D eigenvalue weighted by Crippen LogP contribution is 2.24. The molecule has 0 aliphatic rings. The Labute approximate surface area is 69.7 Å². The van der Waals surface area contributed by atoms with Crippen LogP contribution in [0.5, 0.6) is 0 Å². The first kappa shape index (κ1) is 10.2. The van der Waals surface area contributed by atoms with Crippen LogP contribution in [0, 0.1) is 16.7 Å². The minimum absolute atomic E-state index is 0.294. The van der Waals surface area contributed by atoms with E-state index in [1.807, 2.05) is 13.8 Å². The topological polar surface area (TPSA) is 23.8 Å². The van der Waals surface area contributed by atoms with Crippen LogP contribution in [0.1, 0.15) is 41.0 Å². The fourth-order valence-corrected chi connectivity index (χ4v) is 1.02. The monoisotopic (exact) mass is 151 g/mol. The Balaban J connectivity index is 4.32. The molecule has 0 aromatic carbocycles. The predicted octanol–water partition coefficient (Wildman–Crippen LogP) is 3.28. The number of hydrogen-bond donors (Lipinski definition) is 0. The molecule has 0 saturated heterocycles. The van der Waals surface area contributed by atoms with Crippen molar-refractivity contribution < 1.29 is 0 Å². The third-order valence-electron chi connectivity index (χ3n) is 1.60. The van der Waals surface area contributed by atoms with E-state index in [0.717, 1.165) is 12.0 Å². The molecule has 62 valence electrons. The Kier molecular flexibility index (Phi) is 3.32. The van der Waals surface area contributed by atoms with Gasteiger partial charge in [0, 0.05) is 5.57 Å². The maximum Gasteiger partial charge on any atom is 0.0943 e. The van der Waals surface area contributed by atoms with Gasteiger partial charge in [-0.3, -0.25) is 0 Å². The Morgan fingerprint density at radius 3 is 2.00 bits per heavy atom. The highest BCUT2D eigenvalue weighted by Gasteiger charge is 2.11. The van der Waals surface area contributed by atoms with E-state index in [4.69, 9.17) is 5.26 Å². The lowest BCUT2D eigenvalue weighted by atomic mass is 9.87. The van der Waals surface area contributed by atoms with Crippen molar-refractivity contribution in [3.63, 3.8) is 0 Å². The number of nitrogens with zero attached hydrogens (tertiary/aromatic N) is 1. The zero-order chi connectivity index (χ0) is 9.07. The molecule has 0 N–H and O–H groups in total. The van der Waals surface area contributed by atoms with Gasteiger partial charge in [-0.2, -0.15) is 5.26 Å². The fraction of sp³-hybridized carbons (Fsp3) is 0.700. The first-order valence-electron chi connectivity index (χ1n) is 3.93.